The lowest BCUT2D eigenvalue weighted by Crippen LogP contribution is -2.34. The van der Waals surface area contributed by atoms with E-state index in [1.165, 1.54) is 5.56 Å². The molecule has 0 radical (unpaired) electrons. The summed E-state index contributed by atoms with van der Waals surface area (Å²) in [6, 6.07) is 19.7. The SMILES string of the molecule is Cc1ccc([C@H](CNC(=O)c2cc(-c3ccccc3)on2)N(C)C)cc1. The van der Waals surface area contributed by atoms with Gasteiger partial charge in [0, 0.05) is 18.2 Å². The summed E-state index contributed by atoms with van der Waals surface area (Å²) in [5.41, 5.74) is 3.55. The molecule has 0 aliphatic heterocycles. The highest BCUT2D eigenvalue weighted by Gasteiger charge is 2.18. The maximum atomic E-state index is 12.4. The number of nitrogens with zero attached hydrogens (tertiary/aromatic N) is 2. The molecule has 0 aliphatic rings. The van der Waals surface area contributed by atoms with Crippen molar-refractivity contribution in [1.29, 1.82) is 0 Å². The molecule has 1 atom stereocenters. The molecule has 134 valence electrons. The van der Waals surface area contributed by atoms with Crippen molar-refractivity contribution >= 4 is 5.91 Å². The van der Waals surface area contributed by atoms with E-state index in [0.29, 0.717) is 12.3 Å². The molecule has 0 fully saturated rings. The number of likely N-dealkylation sites (N-methyl/N-ethyl adjacent to an activating group) is 1. The number of aromatic nitrogens is 1. The maximum Gasteiger partial charge on any atom is 0.273 e. The molecule has 0 saturated heterocycles. The van der Waals surface area contributed by atoms with Crippen LogP contribution in [0.2, 0.25) is 0 Å². The Bertz CT molecular complexity index is 854. The van der Waals surface area contributed by atoms with Crippen LogP contribution in [0.25, 0.3) is 11.3 Å². The zero-order valence-electron chi connectivity index (χ0n) is 15.3. The van der Waals surface area contributed by atoms with Crippen molar-refractivity contribution in [1.82, 2.24) is 15.4 Å². The Kier molecular flexibility index (Phi) is 5.49. The molecule has 3 rings (SSSR count). The molecule has 0 bridgehead atoms. The molecule has 1 heterocycles. The Hall–Kier alpha value is -2.92. The number of carbonyl (C=O) groups is 1. The van der Waals surface area contributed by atoms with Crippen molar-refractivity contribution in [3.05, 3.63) is 77.5 Å². The van der Waals surface area contributed by atoms with Gasteiger partial charge in [0.1, 0.15) is 0 Å². The normalized spacial score (nSPS) is 12.2. The average molecular weight is 349 g/mol. The zero-order valence-corrected chi connectivity index (χ0v) is 15.3. The molecule has 1 N–H and O–H groups in total. The van der Waals surface area contributed by atoms with E-state index >= 15 is 0 Å². The zero-order chi connectivity index (χ0) is 18.5. The van der Waals surface area contributed by atoms with Gasteiger partial charge in [0.25, 0.3) is 5.91 Å². The molecule has 0 unspecified atom stereocenters. The van der Waals surface area contributed by atoms with E-state index in [4.69, 9.17) is 4.52 Å². The predicted molar refractivity (Wildman–Crippen MR) is 102 cm³/mol. The van der Waals surface area contributed by atoms with Gasteiger partial charge >= 0.3 is 0 Å². The second-order valence-electron chi connectivity index (χ2n) is 6.54. The quantitative estimate of drug-likeness (QED) is 0.737. The fourth-order valence-corrected chi connectivity index (χ4v) is 2.79. The van der Waals surface area contributed by atoms with E-state index in [-0.39, 0.29) is 17.6 Å². The first-order valence-electron chi connectivity index (χ1n) is 8.58. The van der Waals surface area contributed by atoms with Crippen LogP contribution < -0.4 is 5.32 Å². The minimum Gasteiger partial charge on any atom is -0.355 e. The summed E-state index contributed by atoms with van der Waals surface area (Å²) in [5.74, 6) is 0.341. The first kappa shape index (κ1) is 17.9. The third-order valence-electron chi connectivity index (χ3n) is 4.34. The second kappa shape index (κ2) is 7.97. The van der Waals surface area contributed by atoms with Crippen molar-refractivity contribution in [2.24, 2.45) is 0 Å². The second-order valence-corrected chi connectivity index (χ2v) is 6.54. The molecule has 0 saturated carbocycles. The van der Waals surface area contributed by atoms with Crippen LogP contribution in [0, 0.1) is 6.92 Å². The van der Waals surface area contributed by atoms with Crippen molar-refractivity contribution in [2.75, 3.05) is 20.6 Å². The summed E-state index contributed by atoms with van der Waals surface area (Å²) in [4.78, 5) is 14.5. The van der Waals surface area contributed by atoms with Crippen LogP contribution in [0.4, 0.5) is 0 Å². The number of rotatable bonds is 6. The Balaban J connectivity index is 1.67. The van der Waals surface area contributed by atoms with Gasteiger partial charge in [-0.25, -0.2) is 0 Å². The fraction of sp³-hybridized carbons (Fsp3) is 0.238. The van der Waals surface area contributed by atoms with E-state index in [0.717, 1.165) is 11.1 Å². The molecular formula is C21H23N3O2. The Labute approximate surface area is 153 Å². The van der Waals surface area contributed by atoms with Crippen molar-refractivity contribution < 1.29 is 9.32 Å². The monoisotopic (exact) mass is 349 g/mol. The Morgan fingerprint density at radius 2 is 1.81 bits per heavy atom. The average Bonchev–Trinajstić information content (AvgIpc) is 3.14. The number of hydrogen-bond donors (Lipinski definition) is 1. The lowest BCUT2D eigenvalue weighted by Gasteiger charge is -2.25. The number of nitrogens with one attached hydrogen (secondary N) is 1. The predicted octanol–water partition coefficient (Wildman–Crippen LogP) is 3.68. The summed E-state index contributed by atoms with van der Waals surface area (Å²) < 4.78 is 5.30. The lowest BCUT2D eigenvalue weighted by molar-refractivity contribution is 0.0933. The highest BCUT2D eigenvalue weighted by Crippen LogP contribution is 2.20. The number of aryl methyl sites for hydroxylation is 1. The van der Waals surface area contributed by atoms with Gasteiger partial charge in [0.2, 0.25) is 0 Å². The minimum absolute atomic E-state index is 0.0834. The van der Waals surface area contributed by atoms with E-state index in [9.17, 15) is 4.79 Å². The summed E-state index contributed by atoms with van der Waals surface area (Å²) in [7, 11) is 4.00. The molecule has 26 heavy (non-hydrogen) atoms. The van der Waals surface area contributed by atoms with Crippen LogP contribution in [0.15, 0.2) is 65.2 Å². The summed E-state index contributed by atoms with van der Waals surface area (Å²) >= 11 is 0. The highest BCUT2D eigenvalue weighted by atomic mass is 16.5. The largest absolute Gasteiger partial charge is 0.355 e. The first-order valence-corrected chi connectivity index (χ1v) is 8.58. The molecule has 0 spiro atoms. The topological polar surface area (TPSA) is 58.4 Å². The van der Waals surface area contributed by atoms with Crippen LogP contribution in [-0.4, -0.2) is 36.6 Å². The first-order chi connectivity index (χ1) is 12.5. The van der Waals surface area contributed by atoms with E-state index in [2.05, 4.69) is 46.6 Å². The van der Waals surface area contributed by atoms with E-state index < -0.39 is 0 Å². The summed E-state index contributed by atoms with van der Waals surface area (Å²) in [5, 5.41) is 6.85. The van der Waals surface area contributed by atoms with Gasteiger partial charge in [-0.05, 0) is 26.6 Å². The highest BCUT2D eigenvalue weighted by molar-refractivity contribution is 5.93. The molecular weight excluding hydrogens is 326 g/mol. The summed E-state index contributed by atoms with van der Waals surface area (Å²) in [6.07, 6.45) is 0. The van der Waals surface area contributed by atoms with Crippen molar-refractivity contribution in [3.63, 3.8) is 0 Å². The van der Waals surface area contributed by atoms with Gasteiger partial charge in [0.15, 0.2) is 11.5 Å². The molecule has 0 aliphatic carbocycles. The Morgan fingerprint density at radius 3 is 2.46 bits per heavy atom. The Morgan fingerprint density at radius 1 is 1.12 bits per heavy atom. The van der Waals surface area contributed by atoms with Gasteiger partial charge in [-0.3, -0.25) is 4.79 Å². The standard InChI is InChI=1S/C21H23N3O2/c1-15-9-11-16(12-10-15)19(24(2)3)14-22-21(25)18-13-20(26-23-18)17-7-5-4-6-8-17/h4-13,19H,14H2,1-3H3,(H,22,25)/t19-/m0/s1. The molecule has 3 aromatic rings. The van der Waals surface area contributed by atoms with Gasteiger partial charge < -0.3 is 14.7 Å². The third-order valence-corrected chi connectivity index (χ3v) is 4.34. The van der Waals surface area contributed by atoms with Gasteiger partial charge in [-0.15, -0.1) is 0 Å². The van der Waals surface area contributed by atoms with E-state index in [1.807, 2.05) is 44.4 Å². The molecule has 5 nitrogen and oxygen atoms in total. The van der Waals surface area contributed by atoms with Crippen LogP contribution >= 0.6 is 0 Å². The van der Waals surface area contributed by atoms with Gasteiger partial charge in [-0.2, -0.15) is 0 Å². The van der Waals surface area contributed by atoms with Gasteiger partial charge in [0.05, 0.1) is 6.04 Å². The van der Waals surface area contributed by atoms with Crippen molar-refractivity contribution in [3.8, 4) is 11.3 Å². The van der Waals surface area contributed by atoms with Crippen LogP contribution in [-0.2, 0) is 0 Å². The van der Waals surface area contributed by atoms with Crippen LogP contribution in [0.5, 0.6) is 0 Å². The van der Waals surface area contributed by atoms with E-state index in [1.54, 1.807) is 6.07 Å². The summed E-state index contributed by atoms with van der Waals surface area (Å²) in [6.45, 7) is 2.55. The maximum absolute atomic E-state index is 12.4. The van der Waals surface area contributed by atoms with Crippen LogP contribution in [0.1, 0.15) is 27.7 Å². The lowest BCUT2D eigenvalue weighted by atomic mass is 10.0. The fourth-order valence-electron chi connectivity index (χ4n) is 2.79. The van der Waals surface area contributed by atoms with Crippen molar-refractivity contribution in [2.45, 2.75) is 13.0 Å². The smallest absolute Gasteiger partial charge is 0.273 e. The number of hydrogen-bond acceptors (Lipinski definition) is 4. The number of amides is 1. The minimum atomic E-state index is -0.241. The molecule has 1 amide bonds. The number of carbonyl (C=O) groups excluding carboxylic acids is 1. The number of benzene rings is 2. The molecule has 2 aromatic carbocycles. The molecule has 1 aromatic heterocycles. The third kappa shape index (κ3) is 4.18. The van der Waals surface area contributed by atoms with Gasteiger partial charge in [-0.1, -0.05) is 65.3 Å². The molecule has 5 heteroatoms. The van der Waals surface area contributed by atoms with Crippen LogP contribution in [0.3, 0.4) is 0 Å².